The van der Waals surface area contributed by atoms with E-state index in [1.165, 1.54) is 19.2 Å². The van der Waals surface area contributed by atoms with Gasteiger partial charge in [0.25, 0.3) is 0 Å². The summed E-state index contributed by atoms with van der Waals surface area (Å²) in [6, 6.07) is 3.74. The number of nitrogens with two attached hydrogens (primary N) is 1. The summed E-state index contributed by atoms with van der Waals surface area (Å²) < 4.78 is 38.8. The van der Waals surface area contributed by atoms with Crippen molar-refractivity contribution in [3.63, 3.8) is 0 Å². The molecule has 23 heavy (non-hydrogen) atoms. The molecule has 0 aromatic heterocycles. The normalized spacial score (nSPS) is 27.0. The fourth-order valence-electron chi connectivity index (χ4n) is 2.49. The molecule has 0 radical (unpaired) electrons. The van der Waals surface area contributed by atoms with Crippen molar-refractivity contribution in [1.29, 1.82) is 0 Å². The Morgan fingerprint density at radius 3 is 2.52 bits per heavy atom. The van der Waals surface area contributed by atoms with Crippen LogP contribution in [0.25, 0.3) is 0 Å². The fourth-order valence-corrected chi connectivity index (χ4v) is 4.24. The zero-order valence-corrected chi connectivity index (χ0v) is 14.3. The zero-order valence-electron chi connectivity index (χ0n) is 13.5. The summed E-state index contributed by atoms with van der Waals surface area (Å²) in [6.07, 6.45) is 0. The molecule has 2 rings (SSSR count). The van der Waals surface area contributed by atoms with Crippen LogP contribution in [0.1, 0.15) is 36.7 Å². The molecule has 0 saturated carbocycles. The van der Waals surface area contributed by atoms with Crippen LogP contribution in [0.2, 0.25) is 0 Å². The summed E-state index contributed by atoms with van der Waals surface area (Å²) in [7, 11) is -1.93. The summed E-state index contributed by atoms with van der Waals surface area (Å²) >= 11 is 0. The maximum atomic E-state index is 14.3. The molecular formula is C15H21FN2O4S. The molecule has 0 spiro atoms. The van der Waals surface area contributed by atoms with E-state index in [-0.39, 0.29) is 22.7 Å². The first kappa shape index (κ1) is 17.7. The molecule has 1 aromatic rings. The molecule has 6 nitrogen and oxygen atoms in total. The first-order valence-corrected chi connectivity index (χ1v) is 8.66. The van der Waals surface area contributed by atoms with Crippen molar-refractivity contribution in [2.45, 2.75) is 31.1 Å². The lowest BCUT2D eigenvalue weighted by atomic mass is 9.91. The van der Waals surface area contributed by atoms with Gasteiger partial charge in [-0.2, -0.15) is 10.6 Å². The van der Waals surface area contributed by atoms with Crippen LogP contribution in [0.15, 0.2) is 23.2 Å². The Kier molecular flexibility index (Phi) is 4.21. The number of benzene rings is 1. The third-order valence-electron chi connectivity index (χ3n) is 4.25. The van der Waals surface area contributed by atoms with Crippen LogP contribution in [0.4, 0.5) is 4.39 Å². The van der Waals surface area contributed by atoms with Crippen molar-refractivity contribution in [1.82, 2.24) is 0 Å². The van der Waals surface area contributed by atoms with E-state index >= 15 is 0 Å². The van der Waals surface area contributed by atoms with Crippen molar-refractivity contribution in [2.75, 3.05) is 12.9 Å². The number of rotatable bonds is 2. The molecule has 1 aliphatic heterocycles. The van der Waals surface area contributed by atoms with Gasteiger partial charge < -0.3 is 10.5 Å². The number of hydrogen-bond donors (Lipinski definition) is 3. The summed E-state index contributed by atoms with van der Waals surface area (Å²) in [5, 5.41) is 0. The van der Waals surface area contributed by atoms with Crippen molar-refractivity contribution in [3.05, 3.63) is 35.1 Å². The van der Waals surface area contributed by atoms with Crippen molar-refractivity contribution in [2.24, 2.45) is 10.7 Å². The van der Waals surface area contributed by atoms with Crippen LogP contribution >= 0.6 is 10.6 Å². The lowest BCUT2D eigenvalue weighted by molar-refractivity contribution is 0.0600. The van der Waals surface area contributed by atoms with E-state index in [1.807, 2.05) is 0 Å². The second-order valence-electron chi connectivity index (χ2n) is 6.28. The number of methoxy groups -OCH3 is 1. The van der Waals surface area contributed by atoms with E-state index in [0.29, 0.717) is 0 Å². The van der Waals surface area contributed by atoms with Gasteiger partial charge in [0.15, 0.2) is 0 Å². The molecule has 4 N–H and O–H groups in total. The van der Waals surface area contributed by atoms with E-state index in [9.17, 15) is 18.3 Å². The van der Waals surface area contributed by atoms with Crippen LogP contribution < -0.4 is 5.73 Å². The van der Waals surface area contributed by atoms with E-state index in [2.05, 4.69) is 9.73 Å². The molecule has 1 atom stereocenters. The third-order valence-corrected chi connectivity index (χ3v) is 7.06. The van der Waals surface area contributed by atoms with Gasteiger partial charge in [-0.1, -0.05) is 0 Å². The highest BCUT2D eigenvalue weighted by atomic mass is 32.3. The molecule has 1 heterocycles. The highest BCUT2D eigenvalue weighted by molar-refractivity contribution is 8.26. The Labute approximate surface area is 135 Å². The lowest BCUT2D eigenvalue weighted by Gasteiger charge is -2.53. The average molecular weight is 344 g/mol. The first-order chi connectivity index (χ1) is 10.4. The predicted octanol–water partition coefficient (Wildman–Crippen LogP) is 2.73. The topological polar surface area (TPSA) is 105 Å². The SMILES string of the molecule is COC(=O)c1ccc(F)c(C2(C)CS(O)(O)C(C)(C)C(N)=N2)c1. The highest BCUT2D eigenvalue weighted by Gasteiger charge is 2.49. The maximum absolute atomic E-state index is 14.3. The van der Waals surface area contributed by atoms with Gasteiger partial charge in [0.1, 0.15) is 21.9 Å². The lowest BCUT2D eigenvalue weighted by Crippen LogP contribution is -2.52. The summed E-state index contributed by atoms with van der Waals surface area (Å²) in [5.74, 6) is -1.37. The fraction of sp³-hybridized carbons (Fsp3) is 0.467. The zero-order chi connectivity index (χ0) is 17.6. The minimum absolute atomic E-state index is 0.0362. The minimum atomic E-state index is -3.16. The van der Waals surface area contributed by atoms with Gasteiger partial charge >= 0.3 is 5.97 Å². The van der Waals surface area contributed by atoms with Gasteiger partial charge in [-0.05, 0) is 39.0 Å². The van der Waals surface area contributed by atoms with Gasteiger partial charge in [-0.25, -0.2) is 9.18 Å². The molecule has 1 aromatic carbocycles. The molecule has 0 fully saturated rings. The quantitative estimate of drug-likeness (QED) is 0.716. The predicted molar refractivity (Wildman–Crippen MR) is 88.5 cm³/mol. The van der Waals surface area contributed by atoms with Crippen LogP contribution in [0.3, 0.4) is 0 Å². The monoisotopic (exact) mass is 344 g/mol. The van der Waals surface area contributed by atoms with Crippen molar-refractivity contribution < 1.29 is 23.0 Å². The van der Waals surface area contributed by atoms with Crippen LogP contribution in [-0.4, -0.2) is 38.5 Å². The van der Waals surface area contributed by atoms with Gasteiger partial charge in [-0.15, -0.1) is 0 Å². The number of ether oxygens (including phenoxy) is 1. The molecule has 0 bridgehead atoms. The minimum Gasteiger partial charge on any atom is -0.465 e. The van der Waals surface area contributed by atoms with E-state index in [0.717, 1.165) is 6.07 Å². The Balaban J connectivity index is 2.61. The summed E-state index contributed by atoms with van der Waals surface area (Å²) in [4.78, 5) is 16.0. The standard InChI is InChI=1S/C15H21FN2O4S/c1-14(2)13(17)18-15(3,8-23(14,20)21)10-7-9(12(19)22-4)5-6-11(10)16/h5-7,20-21H,8H2,1-4H3,(H2,17,18). The number of halogens is 1. The van der Waals surface area contributed by atoms with E-state index in [4.69, 9.17) is 5.73 Å². The number of amidine groups is 1. The molecule has 0 amide bonds. The average Bonchev–Trinajstić information content (AvgIpc) is 2.44. The molecule has 0 aliphatic carbocycles. The highest BCUT2D eigenvalue weighted by Crippen LogP contribution is 2.59. The molecule has 128 valence electrons. The summed E-state index contributed by atoms with van der Waals surface area (Å²) in [5.41, 5.74) is 4.85. The smallest absolute Gasteiger partial charge is 0.337 e. The Bertz CT molecular complexity index is 690. The summed E-state index contributed by atoms with van der Waals surface area (Å²) in [6.45, 7) is 4.73. The number of aliphatic imine (C=N–C) groups is 1. The van der Waals surface area contributed by atoms with Gasteiger partial charge in [0.05, 0.1) is 18.4 Å². The molecule has 0 saturated heterocycles. The second kappa shape index (κ2) is 5.47. The second-order valence-corrected chi connectivity index (χ2v) is 8.92. The van der Waals surface area contributed by atoms with E-state index < -0.39 is 32.7 Å². The van der Waals surface area contributed by atoms with Gasteiger partial charge in [0.2, 0.25) is 0 Å². The van der Waals surface area contributed by atoms with Crippen molar-refractivity contribution >= 4 is 22.4 Å². The Morgan fingerprint density at radius 1 is 1.39 bits per heavy atom. The number of nitrogens with zero attached hydrogens (tertiary/aromatic N) is 1. The number of hydrogen-bond acceptors (Lipinski definition) is 6. The van der Waals surface area contributed by atoms with Crippen molar-refractivity contribution in [3.8, 4) is 0 Å². The first-order valence-electron chi connectivity index (χ1n) is 6.94. The third kappa shape index (κ3) is 2.82. The van der Waals surface area contributed by atoms with Gasteiger partial charge in [-0.3, -0.25) is 14.1 Å². The number of esters is 1. The molecule has 1 aliphatic rings. The van der Waals surface area contributed by atoms with Crippen LogP contribution in [-0.2, 0) is 10.3 Å². The van der Waals surface area contributed by atoms with Crippen LogP contribution in [0, 0.1) is 5.82 Å². The van der Waals surface area contributed by atoms with Crippen LogP contribution in [0.5, 0.6) is 0 Å². The van der Waals surface area contributed by atoms with E-state index in [1.54, 1.807) is 20.8 Å². The largest absolute Gasteiger partial charge is 0.465 e. The Hall–Kier alpha value is -1.64. The molecule has 8 heteroatoms. The Morgan fingerprint density at radius 2 is 2.00 bits per heavy atom. The number of carbonyl (C=O) groups is 1. The number of carbonyl (C=O) groups excluding carboxylic acids is 1. The molecular weight excluding hydrogens is 323 g/mol. The molecule has 1 unspecified atom stereocenters. The maximum Gasteiger partial charge on any atom is 0.337 e. The van der Waals surface area contributed by atoms with Gasteiger partial charge in [0, 0.05) is 5.56 Å².